The summed E-state index contributed by atoms with van der Waals surface area (Å²) in [4.78, 5) is 0. The maximum atomic E-state index is 6.59. The summed E-state index contributed by atoms with van der Waals surface area (Å²) in [6.07, 6.45) is 39.3. The van der Waals surface area contributed by atoms with Gasteiger partial charge in [-0.05, 0) is 37.0 Å². The van der Waals surface area contributed by atoms with Crippen LogP contribution in [-0.2, 0) is 20.8 Å². The number of nitrogens with zero attached hydrogens (tertiary/aromatic N) is 1. The van der Waals surface area contributed by atoms with Crippen molar-refractivity contribution in [1.82, 2.24) is 0 Å². The molecule has 0 heterocycles. The van der Waals surface area contributed by atoms with Gasteiger partial charge in [0.15, 0.2) is 11.5 Å². The Kier molecular flexibility index (Phi) is 43.4. The van der Waals surface area contributed by atoms with Gasteiger partial charge in [-0.2, -0.15) is 0 Å². The zero-order chi connectivity index (χ0) is 42.8. The highest BCUT2D eigenvalue weighted by Crippen LogP contribution is 2.40. The van der Waals surface area contributed by atoms with Crippen molar-refractivity contribution in [1.29, 1.82) is 0 Å². The Hall–Kier alpha value is -1.25. The zero-order valence-corrected chi connectivity index (χ0v) is 41.5. The number of quaternary nitrogens is 1. The van der Waals surface area contributed by atoms with Crippen LogP contribution in [0.2, 0.25) is 0 Å². The summed E-state index contributed by atoms with van der Waals surface area (Å²) >= 11 is 0. The number of rotatable bonds is 47. The molecule has 0 aromatic heterocycles. The summed E-state index contributed by atoms with van der Waals surface area (Å²) in [6.45, 7) is 13.4. The van der Waals surface area contributed by atoms with Crippen LogP contribution in [0.5, 0.6) is 17.2 Å². The summed E-state index contributed by atoms with van der Waals surface area (Å²) in [5.74, 6) is 2.38. The van der Waals surface area contributed by atoms with Crippen LogP contribution in [0, 0.1) is 0 Å². The fourth-order valence-corrected chi connectivity index (χ4v) is 7.35. The molecular weight excluding hydrogens is 770 g/mol. The molecule has 0 aliphatic carbocycles. The fraction of sp³-hybridized carbons (Fsp3) is 0.885. The molecule has 1 rings (SSSR count). The maximum absolute atomic E-state index is 6.59. The Morgan fingerprint density at radius 1 is 0.350 bits per heavy atom. The lowest BCUT2D eigenvalue weighted by molar-refractivity contribution is -0.870. The van der Waals surface area contributed by atoms with Gasteiger partial charge in [0, 0.05) is 0 Å². The quantitative estimate of drug-likeness (QED) is 0.0480. The van der Waals surface area contributed by atoms with Crippen LogP contribution in [0.25, 0.3) is 0 Å². The molecule has 0 N–H and O–H groups in total. The highest BCUT2D eigenvalue weighted by Gasteiger charge is 2.17. The smallest absolute Gasteiger partial charge is 0.203 e. The minimum atomic E-state index is 0. The van der Waals surface area contributed by atoms with E-state index in [1.165, 1.54) is 173 Å². The number of likely N-dealkylation sites (N-methyl/N-ethyl adjacent to an activating group) is 1. The lowest BCUT2D eigenvalue weighted by atomic mass is 10.1. The molecule has 0 bridgehead atoms. The number of ether oxygens (including phenoxy) is 6. The zero-order valence-electron chi connectivity index (χ0n) is 40.7. The number of benzene rings is 1. The summed E-state index contributed by atoms with van der Waals surface area (Å²) in [5, 5.41) is 0. The molecule has 7 nitrogen and oxygen atoms in total. The normalized spacial score (nSPS) is 11.6. The molecule has 0 aliphatic rings. The van der Waals surface area contributed by atoms with Crippen LogP contribution in [-0.4, -0.2) is 85.0 Å². The third-order valence-corrected chi connectivity index (χ3v) is 11.3. The van der Waals surface area contributed by atoms with Crippen LogP contribution in [0.1, 0.15) is 219 Å². The molecule has 8 heteroatoms. The summed E-state index contributed by atoms with van der Waals surface area (Å²) in [6, 6.07) is 4.25. The van der Waals surface area contributed by atoms with Crippen molar-refractivity contribution < 1.29 is 45.3 Å². The molecule has 0 atom stereocenters. The van der Waals surface area contributed by atoms with Gasteiger partial charge in [-0.1, -0.05) is 194 Å². The predicted molar refractivity (Wildman–Crippen MR) is 253 cm³/mol. The van der Waals surface area contributed by atoms with Gasteiger partial charge in [0.25, 0.3) is 0 Å². The van der Waals surface area contributed by atoms with Crippen LogP contribution in [0.3, 0.4) is 0 Å². The van der Waals surface area contributed by atoms with E-state index < -0.39 is 0 Å². The molecule has 1 aromatic rings. The van der Waals surface area contributed by atoms with Gasteiger partial charge in [0.05, 0.1) is 80.6 Å². The number of hydrogen-bond donors (Lipinski definition) is 0. The second-order valence-electron chi connectivity index (χ2n) is 18.3. The first-order valence-corrected chi connectivity index (χ1v) is 25.5. The van der Waals surface area contributed by atoms with Crippen molar-refractivity contribution in [3.63, 3.8) is 0 Å². The molecule has 1 aromatic carbocycles. The van der Waals surface area contributed by atoms with Gasteiger partial charge >= 0.3 is 0 Å². The van der Waals surface area contributed by atoms with Crippen molar-refractivity contribution in [3.05, 3.63) is 17.7 Å². The lowest BCUT2D eigenvalue weighted by Crippen LogP contribution is -3.00. The van der Waals surface area contributed by atoms with Gasteiger partial charge in [0.1, 0.15) is 6.54 Å². The van der Waals surface area contributed by atoms with E-state index in [9.17, 15) is 0 Å². The van der Waals surface area contributed by atoms with Gasteiger partial charge in [0.2, 0.25) is 5.75 Å². The molecule has 0 spiro atoms. The highest BCUT2D eigenvalue weighted by atomic mass is 35.5. The van der Waals surface area contributed by atoms with Crippen LogP contribution in [0.4, 0.5) is 0 Å². The van der Waals surface area contributed by atoms with Crippen molar-refractivity contribution >= 4 is 0 Å². The molecule has 0 aliphatic heterocycles. The first kappa shape index (κ1) is 58.8. The third kappa shape index (κ3) is 38.4. The van der Waals surface area contributed by atoms with Crippen molar-refractivity contribution in [2.75, 3.05) is 80.5 Å². The van der Waals surface area contributed by atoms with Crippen molar-refractivity contribution in [2.24, 2.45) is 0 Å². The van der Waals surface area contributed by atoms with E-state index in [0.29, 0.717) is 52.9 Å². The first-order chi connectivity index (χ1) is 28.9. The van der Waals surface area contributed by atoms with Gasteiger partial charge in [-0.15, -0.1) is 0 Å². The number of hydrogen-bond acceptors (Lipinski definition) is 6. The fourth-order valence-electron chi connectivity index (χ4n) is 7.35. The topological polar surface area (TPSA) is 55.4 Å². The van der Waals surface area contributed by atoms with E-state index in [1.807, 2.05) is 0 Å². The van der Waals surface area contributed by atoms with Crippen LogP contribution >= 0.6 is 0 Å². The van der Waals surface area contributed by atoms with E-state index in [4.69, 9.17) is 28.4 Å². The molecule has 0 saturated heterocycles. The van der Waals surface area contributed by atoms with E-state index in [2.05, 4.69) is 54.0 Å². The molecule has 0 amide bonds. The molecule has 0 radical (unpaired) electrons. The Morgan fingerprint density at radius 3 is 1.00 bits per heavy atom. The van der Waals surface area contributed by atoms with Crippen LogP contribution < -0.4 is 26.6 Å². The number of unbranched alkanes of at least 4 members (excludes halogenated alkanes) is 27. The average molecular weight is 871 g/mol. The van der Waals surface area contributed by atoms with Gasteiger partial charge in [-0.3, -0.25) is 0 Å². The lowest BCUT2D eigenvalue weighted by Gasteiger charge is -2.23. The van der Waals surface area contributed by atoms with E-state index >= 15 is 0 Å². The van der Waals surface area contributed by atoms with Crippen molar-refractivity contribution in [3.8, 4) is 17.2 Å². The van der Waals surface area contributed by atoms with Gasteiger partial charge < -0.3 is 45.3 Å². The molecule has 0 saturated carbocycles. The minimum absolute atomic E-state index is 0. The Bertz CT molecular complexity index is 974. The van der Waals surface area contributed by atoms with Crippen LogP contribution in [0.15, 0.2) is 12.1 Å². The van der Waals surface area contributed by atoms with E-state index in [0.717, 1.165) is 59.7 Å². The second-order valence-corrected chi connectivity index (χ2v) is 18.3. The summed E-state index contributed by atoms with van der Waals surface area (Å²) < 4.78 is 38.3. The Balaban J connectivity index is 0.0000348. The standard InChI is InChI=1S/C52H100NO6.ClH/c1-7-10-13-16-19-22-25-28-31-34-38-57-50-46-49(48-56-45-44-55-43-42-54-41-37-53(4,5)6)47-51(58-39-35-32-29-26-23-20-17-14-11-8-2)52(50)59-40-36-33-30-27-24-21-18-15-12-9-3;/h46-47H,7-45,48H2,1-6H3;1H/q+1;/p-1. The first-order valence-electron chi connectivity index (χ1n) is 25.5. The van der Waals surface area contributed by atoms with Crippen molar-refractivity contribution in [2.45, 2.75) is 220 Å². The SMILES string of the molecule is CCCCCCCCCCCCOc1cc(COCCOCCOCC[N+](C)(C)C)cc(OCCCCCCCCCCCC)c1OCCCCCCCCCCCC.[Cl-]. The predicted octanol–water partition coefficient (Wildman–Crippen LogP) is 11.8. The molecule has 356 valence electrons. The maximum Gasteiger partial charge on any atom is 0.203 e. The number of halogens is 1. The molecule has 60 heavy (non-hydrogen) atoms. The molecular formula is C52H100ClNO6. The molecule has 0 unspecified atom stereocenters. The average Bonchev–Trinajstić information content (AvgIpc) is 3.21. The monoisotopic (exact) mass is 870 g/mol. The van der Waals surface area contributed by atoms with Gasteiger partial charge in [-0.25, -0.2) is 0 Å². The Morgan fingerprint density at radius 2 is 0.650 bits per heavy atom. The largest absolute Gasteiger partial charge is 1.00 e. The van der Waals surface area contributed by atoms with E-state index in [1.54, 1.807) is 0 Å². The second kappa shape index (κ2) is 44.4. The minimum Gasteiger partial charge on any atom is -1.00 e. The summed E-state index contributed by atoms with van der Waals surface area (Å²) in [7, 11) is 6.54. The van der Waals surface area contributed by atoms with E-state index in [-0.39, 0.29) is 12.4 Å². The molecule has 0 fully saturated rings. The summed E-state index contributed by atoms with van der Waals surface area (Å²) in [5.41, 5.74) is 1.05. The third-order valence-electron chi connectivity index (χ3n) is 11.3. The Labute approximate surface area is 379 Å². The highest BCUT2D eigenvalue weighted by molar-refractivity contribution is 5.54.